The van der Waals surface area contributed by atoms with Gasteiger partial charge in [-0.25, -0.2) is 9.97 Å². The number of H-pyrrole nitrogens is 1. The topological polar surface area (TPSA) is 70.7 Å². The van der Waals surface area contributed by atoms with Gasteiger partial charge < -0.3 is 10.3 Å². The first kappa shape index (κ1) is 19.5. The summed E-state index contributed by atoms with van der Waals surface area (Å²) in [7, 11) is 0. The lowest BCUT2D eigenvalue weighted by Gasteiger charge is -2.09. The molecule has 0 radical (unpaired) electrons. The van der Waals surface area contributed by atoms with Crippen LogP contribution in [0.3, 0.4) is 0 Å². The predicted octanol–water partition coefficient (Wildman–Crippen LogP) is 6.35. The van der Waals surface area contributed by atoms with Crippen LogP contribution in [0.25, 0.3) is 22.6 Å². The summed E-state index contributed by atoms with van der Waals surface area (Å²) in [5.74, 6) is 0.187. The third-order valence-electron chi connectivity index (χ3n) is 4.21. The molecule has 0 fully saturated rings. The Morgan fingerprint density at radius 3 is 2.48 bits per heavy atom. The minimum atomic E-state index is -0.406. The second-order valence-corrected chi connectivity index (χ2v) is 7.35. The number of carbonyl (C=O) groups is 1. The summed E-state index contributed by atoms with van der Waals surface area (Å²) in [5, 5.41) is 3.68. The van der Waals surface area contributed by atoms with E-state index in [1.54, 1.807) is 24.4 Å². The number of amides is 1. The maximum Gasteiger partial charge on any atom is 0.257 e. The average Bonchev–Trinajstić information content (AvgIpc) is 3.22. The summed E-state index contributed by atoms with van der Waals surface area (Å²) in [6.45, 7) is 0. The quantitative estimate of drug-likeness (QED) is 0.361. The Balaban J connectivity index is 1.62. The van der Waals surface area contributed by atoms with Crippen LogP contribution in [0.15, 0.2) is 67.0 Å². The van der Waals surface area contributed by atoms with E-state index < -0.39 is 5.91 Å². The van der Waals surface area contributed by atoms with Crippen molar-refractivity contribution in [3.05, 3.63) is 87.8 Å². The Kier molecular flexibility index (Phi) is 5.53. The molecule has 1 amide bonds. The van der Waals surface area contributed by atoms with Crippen LogP contribution in [0.5, 0.6) is 0 Å². The number of carbonyl (C=O) groups excluding carboxylic acids is 1. The van der Waals surface area contributed by atoms with Crippen LogP contribution in [0.4, 0.5) is 5.69 Å². The molecule has 5 nitrogen and oxygen atoms in total. The van der Waals surface area contributed by atoms with Gasteiger partial charge in [0.1, 0.15) is 11.0 Å². The second kappa shape index (κ2) is 8.25. The largest absolute Gasteiger partial charge is 0.338 e. The molecule has 2 heterocycles. The number of rotatable bonds is 4. The van der Waals surface area contributed by atoms with Crippen molar-refractivity contribution in [2.45, 2.75) is 0 Å². The van der Waals surface area contributed by atoms with Crippen molar-refractivity contribution in [3.8, 4) is 22.6 Å². The lowest BCUT2D eigenvalue weighted by atomic mass is 10.1. The highest BCUT2D eigenvalue weighted by molar-refractivity contribution is 6.36. The standard InChI is InChI=1S/C21H13Cl3N4O/c22-16-7-6-13(27-21(29)15-9-19(24)25-10-17(15)23)8-14(16)20-26-11-18(28-20)12-4-2-1-3-5-12/h1-11H,(H,26,28)(H,27,29). The van der Waals surface area contributed by atoms with Crippen molar-refractivity contribution < 1.29 is 4.79 Å². The van der Waals surface area contributed by atoms with Crippen molar-refractivity contribution >= 4 is 46.4 Å². The van der Waals surface area contributed by atoms with Gasteiger partial charge in [-0.05, 0) is 29.8 Å². The molecule has 0 aliphatic heterocycles. The van der Waals surface area contributed by atoms with Crippen molar-refractivity contribution in [1.82, 2.24) is 15.0 Å². The van der Waals surface area contributed by atoms with Crippen LogP contribution in [-0.2, 0) is 0 Å². The molecule has 2 N–H and O–H groups in total. The van der Waals surface area contributed by atoms with E-state index >= 15 is 0 Å². The third-order valence-corrected chi connectivity index (χ3v) is 5.04. The van der Waals surface area contributed by atoms with E-state index in [0.29, 0.717) is 22.1 Å². The Morgan fingerprint density at radius 2 is 1.69 bits per heavy atom. The monoisotopic (exact) mass is 442 g/mol. The fourth-order valence-electron chi connectivity index (χ4n) is 2.79. The van der Waals surface area contributed by atoms with Gasteiger partial charge >= 0.3 is 0 Å². The molecule has 0 bridgehead atoms. The minimum Gasteiger partial charge on any atom is -0.338 e. The minimum absolute atomic E-state index is 0.181. The van der Waals surface area contributed by atoms with E-state index in [4.69, 9.17) is 34.8 Å². The SMILES string of the molecule is O=C(Nc1ccc(Cl)c(-c2ncc(-c3ccccc3)[nH]2)c1)c1cc(Cl)ncc1Cl. The van der Waals surface area contributed by atoms with E-state index in [9.17, 15) is 4.79 Å². The number of aromatic amines is 1. The van der Waals surface area contributed by atoms with Gasteiger partial charge in [-0.1, -0.05) is 65.1 Å². The van der Waals surface area contributed by atoms with Crippen LogP contribution in [-0.4, -0.2) is 20.9 Å². The summed E-state index contributed by atoms with van der Waals surface area (Å²) >= 11 is 18.3. The van der Waals surface area contributed by atoms with Crippen LogP contribution in [0, 0.1) is 0 Å². The maximum atomic E-state index is 12.6. The number of imidazole rings is 1. The Bertz CT molecular complexity index is 1190. The summed E-state index contributed by atoms with van der Waals surface area (Å²) in [4.78, 5) is 24.1. The summed E-state index contributed by atoms with van der Waals surface area (Å²) in [5.41, 5.74) is 3.30. The normalized spacial score (nSPS) is 10.7. The number of pyridine rings is 1. The first-order valence-electron chi connectivity index (χ1n) is 8.54. The molecular weight excluding hydrogens is 431 g/mol. The molecule has 29 heavy (non-hydrogen) atoms. The first-order chi connectivity index (χ1) is 14.0. The smallest absolute Gasteiger partial charge is 0.257 e. The number of nitrogens with zero attached hydrogens (tertiary/aromatic N) is 2. The molecule has 8 heteroatoms. The van der Waals surface area contributed by atoms with E-state index in [-0.39, 0.29) is 15.7 Å². The van der Waals surface area contributed by atoms with Gasteiger partial charge in [0.2, 0.25) is 0 Å². The summed E-state index contributed by atoms with van der Waals surface area (Å²) < 4.78 is 0. The van der Waals surface area contributed by atoms with Gasteiger partial charge in [0.25, 0.3) is 5.91 Å². The van der Waals surface area contributed by atoms with E-state index in [1.165, 1.54) is 12.3 Å². The predicted molar refractivity (Wildman–Crippen MR) is 117 cm³/mol. The Labute approximate surface area is 181 Å². The van der Waals surface area contributed by atoms with Crippen molar-refractivity contribution in [1.29, 1.82) is 0 Å². The number of halogens is 3. The zero-order valence-corrected chi connectivity index (χ0v) is 17.1. The van der Waals surface area contributed by atoms with Gasteiger partial charge in [0.15, 0.2) is 0 Å². The van der Waals surface area contributed by atoms with E-state index in [2.05, 4.69) is 20.3 Å². The molecule has 4 aromatic rings. The van der Waals surface area contributed by atoms with Crippen LogP contribution in [0.2, 0.25) is 15.2 Å². The molecule has 4 rings (SSSR count). The first-order valence-corrected chi connectivity index (χ1v) is 9.67. The molecule has 0 atom stereocenters. The van der Waals surface area contributed by atoms with Gasteiger partial charge in [-0.3, -0.25) is 4.79 Å². The molecule has 0 spiro atoms. The molecule has 0 unspecified atom stereocenters. The number of hydrogen-bond acceptors (Lipinski definition) is 3. The number of anilines is 1. The highest BCUT2D eigenvalue weighted by Crippen LogP contribution is 2.31. The summed E-state index contributed by atoms with van der Waals surface area (Å²) in [6.07, 6.45) is 3.07. The average molecular weight is 444 g/mol. The van der Waals surface area contributed by atoms with Crippen LogP contribution in [0.1, 0.15) is 10.4 Å². The molecule has 144 valence electrons. The molecule has 2 aromatic carbocycles. The molecule has 0 saturated heterocycles. The third kappa shape index (κ3) is 4.27. The number of nitrogens with one attached hydrogen (secondary N) is 2. The fraction of sp³-hybridized carbons (Fsp3) is 0. The van der Waals surface area contributed by atoms with Crippen molar-refractivity contribution in [2.24, 2.45) is 0 Å². The maximum absolute atomic E-state index is 12.6. The molecule has 0 aliphatic rings. The summed E-state index contributed by atoms with van der Waals surface area (Å²) in [6, 6.07) is 16.4. The highest BCUT2D eigenvalue weighted by Gasteiger charge is 2.14. The zero-order valence-electron chi connectivity index (χ0n) is 14.8. The number of benzene rings is 2. The molecule has 0 saturated carbocycles. The molecular formula is C21H13Cl3N4O. The van der Waals surface area contributed by atoms with E-state index in [0.717, 1.165) is 11.3 Å². The van der Waals surface area contributed by atoms with Crippen molar-refractivity contribution in [2.75, 3.05) is 5.32 Å². The van der Waals surface area contributed by atoms with Crippen molar-refractivity contribution in [3.63, 3.8) is 0 Å². The van der Waals surface area contributed by atoms with Gasteiger partial charge in [-0.2, -0.15) is 0 Å². The fourth-order valence-corrected chi connectivity index (χ4v) is 3.35. The zero-order chi connectivity index (χ0) is 20.4. The van der Waals surface area contributed by atoms with Crippen LogP contribution >= 0.6 is 34.8 Å². The Hall–Kier alpha value is -2.86. The second-order valence-electron chi connectivity index (χ2n) is 6.15. The van der Waals surface area contributed by atoms with Gasteiger partial charge in [0.05, 0.1) is 27.5 Å². The van der Waals surface area contributed by atoms with E-state index in [1.807, 2.05) is 30.3 Å². The Morgan fingerprint density at radius 1 is 0.897 bits per heavy atom. The number of aromatic nitrogens is 3. The van der Waals surface area contributed by atoms with Crippen LogP contribution < -0.4 is 5.32 Å². The van der Waals surface area contributed by atoms with Gasteiger partial charge in [0, 0.05) is 17.4 Å². The number of hydrogen-bond donors (Lipinski definition) is 2. The lowest BCUT2D eigenvalue weighted by molar-refractivity contribution is 0.102. The highest BCUT2D eigenvalue weighted by atomic mass is 35.5. The molecule has 2 aromatic heterocycles. The lowest BCUT2D eigenvalue weighted by Crippen LogP contribution is -2.12. The molecule has 0 aliphatic carbocycles. The van der Waals surface area contributed by atoms with Gasteiger partial charge in [-0.15, -0.1) is 0 Å².